The highest BCUT2D eigenvalue weighted by Gasteiger charge is 2.46. The van der Waals surface area contributed by atoms with Gasteiger partial charge in [0.05, 0.1) is 16.0 Å². The Labute approximate surface area is 223 Å². The number of aromatic nitrogens is 1. The van der Waals surface area contributed by atoms with E-state index in [-0.39, 0.29) is 17.7 Å². The predicted octanol–water partition coefficient (Wildman–Crippen LogP) is 7.11. The van der Waals surface area contributed by atoms with Gasteiger partial charge < -0.3 is 14.7 Å². The maximum Gasteiger partial charge on any atom is 0.354 e. The van der Waals surface area contributed by atoms with Crippen LogP contribution in [0.5, 0.6) is 5.75 Å². The minimum absolute atomic E-state index is 0.0309. The first-order valence-corrected chi connectivity index (χ1v) is 12.8. The van der Waals surface area contributed by atoms with Crippen molar-refractivity contribution in [3.63, 3.8) is 0 Å². The Hall–Kier alpha value is -3.61. The lowest BCUT2D eigenvalue weighted by Crippen LogP contribution is -2.31. The van der Waals surface area contributed by atoms with Crippen LogP contribution in [0.25, 0.3) is 21.9 Å². The molecule has 1 aliphatic heterocycles. The average Bonchev–Trinajstić information content (AvgIpc) is 3.67. The molecule has 1 aromatic heterocycles. The molecular weight excluding hydrogens is 511 g/mol. The van der Waals surface area contributed by atoms with Crippen molar-refractivity contribution < 1.29 is 19.5 Å². The molecule has 1 N–H and O–H groups in total. The van der Waals surface area contributed by atoms with Crippen molar-refractivity contribution in [3.05, 3.63) is 94.2 Å². The SMILES string of the molecule is O=C(O)c1cc2ccc(-c3ccc(OCC4C(c5c(Cl)cccc5Cl)=NOC4C4CC4)cc3)cc2cn1. The molecule has 37 heavy (non-hydrogen) atoms. The molecule has 6 rings (SSSR count). The number of carboxylic acids is 1. The first-order valence-electron chi connectivity index (χ1n) is 12.0. The van der Waals surface area contributed by atoms with Gasteiger partial charge in [-0.15, -0.1) is 0 Å². The quantitative estimate of drug-likeness (QED) is 0.274. The van der Waals surface area contributed by atoms with Crippen molar-refractivity contribution >= 4 is 45.7 Å². The van der Waals surface area contributed by atoms with E-state index in [1.807, 2.05) is 48.5 Å². The molecule has 3 aromatic carbocycles. The highest BCUT2D eigenvalue weighted by Crippen LogP contribution is 2.43. The summed E-state index contributed by atoms with van der Waals surface area (Å²) in [5, 5.41) is 16.3. The van der Waals surface area contributed by atoms with Crippen molar-refractivity contribution in [2.45, 2.75) is 18.9 Å². The van der Waals surface area contributed by atoms with Crippen molar-refractivity contribution in [1.82, 2.24) is 4.98 Å². The average molecular weight is 533 g/mol. The maximum absolute atomic E-state index is 11.2. The lowest BCUT2D eigenvalue weighted by molar-refractivity contribution is 0.0340. The third kappa shape index (κ3) is 4.75. The highest BCUT2D eigenvalue weighted by atomic mass is 35.5. The van der Waals surface area contributed by atoms with Gasteiger partial charge in [0.25, 0.3) is 0 Å². The number of fused-ring (bicyclic) bond motifs is 1. The summed E-state index contributed by atoms with van der Waals surface area (Å²) in [6, 6.07) is 20.7. The van der Waals surface area contributed by atoms with Gasteiger partial charge in [0.1, 0.15) is 29.9 Å². The summed E-state index contributed by atoms with van der Waals surface area (Å²) >= 11 is 13.0. The lowest BCUT2D eigenvalue weighted by atomic mass is 9.90. The predicted molar refractivity (Wildman–Crippen MR) is 144 cm³/mol. The molecule has 2 atom stereocenters. The van der Waals surface area contributed by atoms with E-state index in [9.17, 15) is 4.79 Å². The Morgan fingerprint density at radius 3 is 2.41 bits per heavy atom. The van der Waals surface area contributed by atoms with Gasteiger partial charge in [-0.25, -0.2) is 9.78 Å². The van der Waals surface area contributed by atoms with Gasteiger partial charge in [0, 0.05) is 17.1 Å². The first kappa shape index (κ1) is 23.8. The van der Waals surface area contributed by atoms with Crippen molar-refractivity contribution in [2.24, 2.45) is 17.0 Å². The number of halogens is 2. The lowest BCUT2D eigenvalue weighted by Gasteiger charge is -2.20. The van der Waals surface area contributed by atoms with Crippen LogP contribution in [0.2, 0.25) is 10.0 Å². The van der Waals surface area contributed by atoms with Gasteiger partial charge >= 0.3 is 5.97 Å². The van der Waals surface area contributed by atoms with Crippen LogP contribution in [0.15, 0.2) is 78.1 Å². The molecule has 0 amide bonds. The summed E-state index contributed by atoms with van der Waals surface area (Å²) in [6.07, 6.45) is 3.78. The molecule has 1 aliphatic carbocycles. The molecule has 0 spiro atoms. The van der Waals surface area contributed by atoms with Crippen LogP contribution in [0.3, 0.4) is 0 Å². The standard InChI is InChI=1S/C29H22Cl2N2O4/c30-23-2-1-3-24(31)26(23)27-22(28(37-33-27)17-4-5-17)15-36-21-10-8-16(9-11-21)18-6-7-19-13-25(29(34)35)32-14-20(19)12-18/h1-3,6-14,17,22,28H,4-5,15H2,(H,34,35). The summed E-state index contributed by atoms with van der Waals surface area (Å²) < 4.78 is 6.21. The fourth-order valence-electron chi connectivity index (χ4n) is 4.77. The second-order valence-electron chi connectivity index (χ2n) is 9.36. The van der Waals surface area contributed by atoms with Crippen molar-refractivity contribution in [1.29, 1.82) is 0 Å². The Bertz CT molecular complexity index is 1510. The molecule has 6 nitrogen and oxygen atoms in total. The zero-order chi connectivity index (χ0) is 25.5. The second-order valence-corrected chi connectivity index (χ2v) is 10.2. The van der Waals surface area contributed by atoms with E-state index in [4.69, 9.17) is 37.9 Å². The van der Waals surface area contributed by atoms with Crippen LogP contribution in [-0.4, -0.2) is 34.5 Å². The van der Waals surface area contributed by atoms with Crippen molar-refractivity contribution in [3.8, 4) is 16.9 Å². The number of hydrogen-bond donors (Lipinski definition) is 1. The van der Waals surface area contributed by atoms with E-state index < -0.39 is 5.97 Å². The van der Waals surface area contributed by atoms with Gasteiger partial charge in [0.15, 0.2) is 0 Å². The van der Waals surface area contributed by atoms with Gasteiger partial charge in [-0.3, -0.25) is 0 Å². The number of aromatic carboxylic acids is 1. The molecule has 1 fully saturated rings. The second kappa shape index (κ2) is 9.69. The molecule has 2 aliphatic rings. The molecule has 2 heterocycles. The molecule has 1 saturated carbocycles. The smallest absolute Gasteiger partial charge is 0.354 e. The number of oxime groups is 1. The van der Waals surface area contributed by atoms with Crippen LogP contribution < -0.4 is 4.74 Å². The van der Waals surface area contributed by atoms with Gasteiger partial charge in [0.2, 0.25) is 0 Å². The molecule has 0 bridgehead atoms. The van der Waals surface area contributed by atoms with Crippen LogP contribution >= 0.6 is 23.2 Å². The van der Waals surface area contributed by atoms with E-state index >= 15 is 0 Å². The number of rotatable bonds is 7. The zero-order valence-corrected chi connectivity index (χ0v) is 21.1. The summed E-state index contributed by atoms with van der Waals surface area (Å²) in [7, 11) is 0. The van der Waals surface area contributed by atoms with E-state index in [0.29, 0.717) is 28.1 Å². The largest absolute Gasteiger partial charge is 0.493 e. The van der Waals surface area contributed by atoms with Gasteiger partial charge in [-0.1, -0.05) is 58.7 Å². The molecule has 8 heteroatoms. The summed E-state index contributed by atoms with van der Waals surface area (Å²) in [5.41, 5.74) is 3.49. The molecule has 0 radical (unpaired) electrons. The van der Waals surface area contributed by atoms with Crippen LogP contribution in [0, 0.1) is 11.8 Å². The summed E-state index contributed by atoms with van der Waals surface area (Å²) in [6.45, 7) is 0.397. The number of benzene rings is 3. The number of nitrogens with zero attached hydrogens (tertiary/aromatic N) is 2. The third-order valence-corrected chi connectivity index (χ3v) is 7.51. The summed E-state index contributed by atoms with van der Waals surface area (Å²) in [5.74, 6) is 0.0895. The Morgan fingerprint density at radius 1 is 0.973 bits per heavy atom. The zero-order valence-electron chi connectivity index (χ0n) is 19.6. The number of ether oxygens (including phenoxy) is 1. The Morgan fingerprint density at radius 2 is 1.70 bits per heavy atom. The van der Waals surface area contributed by atoms with Gasteiger partial charge in [-0.05, 0) is 71.7 Å². The molecule has 4 aromatic rings. The van der Waals surface area contributed by atoms with E-state index in [2.05, 4.69) is 10.1 Å². The van der Waals surface area contributed by atoms with Crippen LogP contribution in [-0.2, 0) is 4.84 Å². The third-order valence-electron chi connectivity index (χ3n) is 6.88. The minimum Gasteiger partial charge on any atom is -0.493 e. The van der Waals surface area contributed by atoms with Crippen LogP contribution in [0.1, 0.15) is 28.9 Å². The number of pyridine rings is 1. The van der Waals surface area contributed by atoms with Crippen molar-refractivity contribution in [2.75, 3.05) is 6.61 Å². The Kier molecular flexibility index (Phi) is 6.22. The normalized spacial score (nSPS) is 18.9. The highest BCUT2D eigenvalue weighted by molar-refractivity contribution is 6.40. The first-order chi connectivity index (χ1) is 18.0. The number of hydrogen-bond acceptors (Lipinski definition) is 5. The molecule has 186 valence electrons. The van der Waals surface area contributed by atoms with Crippen LogP contribution in [0.4, 0.5) is 0 Å². The van der Waals surface area contributed by atoms with E-state index in [1.165, 1.54) is 0 Å². The van der Waals surface area contributed by atoms with E-state index in [1.54, 1.807) is 24.4 Å². The maximum atomic E-state index is 11.2. The fraction of sp³-hybridized carbons (Fsp3) is 0.207. The minimum atomic E-state index is -1.04. The number of carboxylic acid groups (broad SMARTS) is 1. The fourth-order valence-corrected chi connectivity index (χ4v) is 5.36. The molecule has 0 saturated heterocycles. The topological polar surface area (TPSA) is 81.0 Å². The van der Waals surface area contributed by atoms with E-state index in [0.717, 1.165) is 46.2 Å². The summed E-state index contributed by atoms with van der Waals surface area (Å²) in [4.78, 5) is 21.0. The molecule has 2 unspecified atom stereocenters. The number of carbonyl (C=O) groups is 1. The Balaban J connectivity index is 1.19. The van der Waals surface area contributed by atoms with Gasteiger partial charge in [-0.2, -0.15) is 0 Å². The molecular formula is C29H22Cl2N2O4. The monoisotopic (exact) mass is 532 g/mol.